The number of likely N-dealkylation sites (tertiary alicyclic amines) is 1. The Hall–Kier alpha value is -1.92. The number of carbonyl (C=O) groups is 2. The molecule has 0 aromatic carbocycles. The summed E-state index contributed by atoms with van der Waals surface area (Å²) in [6, 6.07) is 0. The van der Waals surface area contributed by atoms with E-state index in [0.29, 0.717) is 24.3 Å². The summed E-state index contributed by atoms with van der Waals surface area (Å²) in [5, 5.41) is 0. The predicted molar refractivity (Wildman–Crippen MR) is 168 cm³/mol. The van der Waals surface area contributed by atoms with Crippen molar-refractivity contribution in [1.29, 1.82) is 0 Å². The standard InChI is InChI=1S/C36H57NO5/c1-4-29-23-32-25-31-15-13-14-30(40-31)22-27(2)18-19-28(3)34(42-36(39)26-33(24-29)41-32)16-9-6-5-7-10-17-35(38)37-20-11-8-12-21-37/h4,9,16,18-19,27-28,30-34H,5-8,10-15,17,20-26H2,1-3H3/b16-9+,19-18+,29-4-. The van der Waals surface area contributed by atoms with Crippen LogP contribution in [0.2, 0.25) is 0 Å². The van der Waals surface area contributed by atoms with Gasteiger partial charge in [-0.05, 0) is 96.0 Å². The lowest BCUT2D eigenvalue weighted by atomic mass is 9.90. The zero-order valence-corrected chi connectivity index (χ0v) is 26.6. The van der Waals surface area contributed by atoms with Gasteiger partial charge in [-0.15, -0.1) is 0 Å². The van der Waals surface area contributed by atoms with Gasteiger partial charge >= 0.3 is 5.97 Å². The molecular weight excluding hydrogens is 526 g/mol. The van der Waals surface area contributed by atoms with Crippen LogP contribution in [0.25, 0.3) is 0 Å². The Labute approximate surface area is 255 Å². The van der Waals surface area contributed by atoms with Gasteiger partial charge in [0.15, 0.2) is 0 Å². The Bertz CT molecular complexity index is 935. The van der Waals surface area contributed by atoms with Gasteiger partial charge in [-0.25, -0.2) is 0 Å². The number of amides is 1. The number of ether oxygens (including phenoxy) is 3. The van der Waals surface area contributed by atoms with Crippen LogP contribution in [0.1, 0.15) is 124 Å². The molecule has 0 spiro atoms. The maximum absolute atomic E-state index is 13.2. The van der Waals surface area contributed by atoms with Crippen molar-refractivity contribution in [2.75, 3.05) is 13.1 Å². The van der Waals surface area contributed by atoms with E-state index >= 15 is 0 Å². The SMILES string of the molecule is C/C=C1\CC2CC(=O)OC(/C=C/CCCCCC(=O)N3CCCCC3)C(C)/C=C/C(C)CC3CCCC(CC(C1)O2)O3. The van der Waals surface area contributed by atoms with Crippen LogP contribution in [0.3, 0.4) is 0 Å². The lowest BCUT2D eigenvalue weighted by molar-refractivity contribution is -0.154. The van der Waals surface area contributed by atoms with E-state index in [1.165, 1.54) is 18.4 Å². The van der Waals surface area contributed by atoms with Crippen molar-refractivity contribution < 1.29 is 23.8 Å². The van der Waals surface area contributed by atoms with Crippen molar-refractivity contribution in [3.8, 4) is 0 Å². The normalized spacial score (nSPS) is 35.2. The highest BCUT2D eigenvalue weighted by molar-refractivity contribution is 5.76. The molecule has 0 aliphatic carbocycles. The van der Waals surface area contributed by atoms with E-state index in [2.05, 4.69) is 51.2 Å². The number of hydrogen-bond donors (Lipinski definition) is 0. The molecule has 1 amide bonds. The number of cyclic esters (lactones) is 1. The fourth-order valence-corrected chi connectivity index (χ4v) is 7.08. The minimum Gasteiger partial charge on any atom is -0.457 e. The molecule has 4 aliphatic heterocycles. The first-order valence-corrected chi connectivity index (χ1v) is 17.2. The number of allylic oxidation sites excluding steroid dienone is 3. The molecule has 0 saturated carbocycles. The number of fused-ring (bicyclic) bond motifs is 4. The van der Waals surface area contributed by atoms with Crippen LogP contribution in [0.15, 0.2) is 36.0 Å². The highest BCUT2D eigenvalue weighted by Crippen LogP contribution is 2.33. The molecule has 3 saturated heterocycles. The van der Waals surface area contributed by atoms with Gasteiger partial charge in [0, 0.05) is 31.8 Å². The molecule has 236 valence electrons. The third-order valence-corrected chi connectivity index (χ3v) is 9.59. The Kier molecular flexibility index (Phi) is 13.7. The molecule has 7 atom stereocenters. The summed E-state index contributed by atoms with van der Waals surface area (Å²) < 4.78 is 19.2. The second kappa shape index (κ2) is 17.4. The number of rotatable bonds is 7. The topological polar surface area (TPSA) is 65.1 Å². The lowest BCUT2D eigenvalue weighted by Crippen LogP contribution is -2.37. The Balaban J connectivity index is 1.33. The van der Waals surface area contributed by atoms with Crippen molar-refractivity contribution in [3.63, 3.8) is 0 Å². The summed E-state index contributed by atoms with van der Waals surface area (Å²) in [5.41, 5.74) is 1.37. The van der Waals surface area contributed by atoms with Gasteiger partial charge in [0.2, 0.25) is 5.91 Å². The molecule has 4 rings (SSSR count). The monoisotopic (exact) mass is 583 g/mol. The number of hydrogen-bond acceptors (Lipinski definition) is 5. The smallest absolute Gasteiger partial charge is 0.309 e. The van der Waals surface area contributed by atoms with Gasteiger partial charge in [0.05, 0.1) is 30.8 Å². The summed E-state index contributed by atoms with van der Waals surface area (Å²) in [6.07, 6.45) is 26.7. The maximum atomic E-state index is 13.2. The Morgan fingerprint density at radius 2 is 1.62 bits per heavy atom. The number of piperidine rings is 1. The molecule has 4 bridgehead atoms. The molecule has 4 heterocycles. The van der Waals surface area contributed by atoms with Gasteiger partial charge in [-0.2, -0.15) is 0 Å². The first kappa shape index (κ1) is 33.0. The molecule has 0 radical (unpaired) electrons. The number of unbranched alkanes of at least 4 members (excludes halogenated alkanes) is 3. The third kappa shape index (κ3) is 11.0. The molecule has 0 aromatic heterocycles. The fraction of sp³-hybridized carbons (Fsp3) is 0.778. The van der Waals surface area contributed by atoms with E-state index in [4.69, 9.17) is 14.2 Å². The van der Waals surface area contributed by atoms with Gasteiger partial charge in [0.1, 0.15) is 6.10 Å². The van der Waals surface area contributed by atoms with Gasteiger partial charge in [0.25, 0.3) is 0 Å². The van der Waals surface area contributed by atoms with Gasteiger partial charge in [-0.3, -0.25) is 9.59 Å². The van der Waals surface area contributed by atoms with Crippen LogP contribution >= 0.6 is 0 Å². The van der Waals surface area contributed by atoms with Crippen LogP contribution < -0.4 is 0 Å². The largest absolute Gasteiger partial charge is 0.457 e. The van der Waals surface area contributed by atoms with Crippen LogP contribution in [0.4, 0.5) is 0 Å². The van der Waals surface area contributed by atoms with Crippen molar-refractivity contribution in [2.24, 2.45) is 11.8 Å². The number of carbonyl (C=O) groups excluding carboxylic acids is 2. The summed E-state index contributed by atoms with van der Waals surface area (Å²) in [7, 11) is 0. The predicted octanol–water partition coefficient (Wildman–Crippen LogP) is 7.86. The summed E-state index contributed by atoms with van der Waals surface area (Å²) in [4.78, 5) is 27.6. The quantitative estimate of drug-likeness (QED) is 0.173. The molecule has 3 fully saturated rings. The summed E-state index contributed by atoms with van der Waals surface area (Å²) in [6.45, 7) is 8.37. The van der Waals surface area contributed by atoms with E-state index in [-0.39, 0.29) is 42.7 Å². The van der Waals surface area contributed by atoms with Crippen molar-refractivity contribution in [3.05, 3.63) is 36.0 Å². The minimum atomic E-state index is -0.301. The average molecular weight is 584 g/mol. The third-order valence-electron chi connectivity index (χ3n) is 9.59. The molecular formula is C36H57NO5. The van der Waals surface area contributed by atoms with Crippen molar-refractivity contribution >= 4 is 11.9 Å². The van der Waals surface area contributed by atoms with E-state index in [9.17, 15) is 9.59 Å². The second-order valence-corrected chi connectivity index (χ2v) is 13.4. The van der Waals surface area contributed by atoms with E-state index in [0.717, 1.165) is 90.1 Å². The Morgan fingerprint density at radius 1 is 0.881 bits per heavy atom. The van der Waals surface area contributed by atoms with Gasteiger partial charge < -0.3 is 19.1 Å². The zero-order chi connectivity index (χ0) is 29.7. The molecule has 7 unspecified atom stereocenters. The summed E-state index contributed by atoms with van der Waals surface area (Å²) in [5.74, 6) is 0.620. The highest BCUT2D eigenvalue weighted by atomic mass is 16.5. The van der Waals surface area contributed by atoms with Crippen LogP contribution in [0, 0.1) is 11.8 Å². The van der Waals surface area contributed by atoms with Crippen molar-refractivity contribution in [1.82, 2.24) is 4.90 Å². The number of esters is 1. The van der Waals surface area contributed by atoms with Crippen LogP contribution in [-0.4, -0.2) is 60.4 Å². The second-order valence-electron chi connectivity index (χ2n) is 13.4. The lowest BCUT2D eigenvalue weighted by Gasteiger charge is -2.37. The highest BCUT2D eigenvalue weighted by Gasteiger charge is 2.32. The average Bonchev–Trinajstić information content (AvgIpc) is 2.98. The number of nitrogens with zero attached hydrogens (tertiary/aromatic N) is 1. The minimum absolute atomic E-state index is 0.0777. The Morgan fingerprint density at radius 3 is 2.40 bits per heavy atom. The first-order chi connectivity index (χ1) is 20.4. The van der Waals surface area contributed by atoms with Gasteiger partial charge in [-0.1, -0.05) is 50.1 Å². The molecule has 0 N–H and O–H groups in total. The molecule has 42 heavy (non-hydrogen) atoms. The fourth-order valence-electron chi connectivity index (χ4n) is 7.08. The van der Waals surface area contributed by atoms with E-state index in [1.807, 2.05) is 4.90 Å². The maximum Gasteiger partial charge on any atom is 0.309 e. The van der Waals surface area contributed by atoms with Crippen LogP contribution in [0.5, 0.6) is 0 Å². The van der Waals surface area contributed by atoms with Crippen molar-refractivity contribution in [2.45, 2.75) is 154 Å². The van der Waals surface area contributed by atoms with E-state index < -0.39 is 0 Å². The first-order valence-electron chi connectivity index (χ1n) is 17.2. The zero-order valence-electron chi connectivity index (χ0n) is 26.6. The molecule has 0 aromatic rings. The van der Waals surface area contributed by atoms with E-state index in [1.54, 1.807) is 0 Å². The van der Waals surface area contributed by atoms with Crippen LogP contribution in [-0.2, 0) is 23.8 Å². The summed E-state index contributed by atoms with van der Waals surface area (Å²) >= 11 is 0. The molecule has 6 heteroatoms. The molecule has 4 aliphatic rings. The molecule has 6 nitrogen and oxygen atoms in total.